The highest BCUT2D eigenvalue weighted by molar-refractivity contribution is 5.86. The molecular formula is C15H25N3O. The Morgan fingerprint density at radius 2 is 2.00 bits per heavy atom. The SMILES string of the molecule is Cc1cc(CC(=O)C2(CN)CCCCCC2)n(C)n1. The van der Waals surface area contributed by atoms with Gasteiger partial charge in [-0.05, 0) is 25.8 Å². The third-order valence-electron chi connectivity index (χ3n) is 4.48. The lowest BCUT2D eigenvalue weighted by Gasteiger charge is -2.29. The molecule has 0 amide bonds. The first-order valence-corrected chi connectivity index (χ1v) is 7.30. The van der Waals surface area contributed by atoms with E-state index >= 15 is 0 Å². The second-order valence-corrected chi connectivity index (χ2v) is 5.90. The molecule has 1 heterocycles. The van der Waals surface area contributed by atoms with Crippen LogP contribution in [0.15, 0.2) is 6.07 Å². The number of hydrogen-bond donors (Lipinski definition) is 1. The van der Waals surface area contributed by atoms with Crippen molar-refractivity contribution in [3.8, 4) is 0 Å². The highest BCUT2D eigenvalue weighted by Gasteiger charge is 2.36. The van der Waals surface area contributed by atoms with Gasteiger partial charge in [-0.2, -0.15) is 5.10 Å². The molecule has 4 nitrogen and oxygen atoms in total. The van der Waals surface area contributed by atoms with E-state index in [1.165, 1.54) is 12.8 Å². The van der Waals surface area contributed by atoms with Crippen LogP contribution in [0, 0.1) is 12.3 Å². The van der Waals surface area contributed by atoms with E-state index in [1.54, 1.807) is 0 Å². The van der Waals surface area contributed by atoms with E-state index in [4.69, 9.17) is 5.73 Å². The molecule has 0 aromatic carbocycles. The van der Waals surface area contributed by atoms with Gasteiger partial charge >= 0.3 is 0 Å². The van der Waals surface area contributed by atoms with Gasteiger partial charge in [-0.1, -0.05) is 25.7 Å². The Morgan fingerprint density at radius 3 is 2.47 bits per heavy atom. The maximum absolute atomic E-state index is 12.7. The van der Waals surface area contributed by atoms with Crippen molar-refractivity contribution in [1.29, 1.82) is 0 Å². The number of ketones is 1. The Kier molecular flexibility index (Phi) is 4.40. The molecule has 106 valence electrons. The normalized spacial score (nSPS) is 19.1. The van der Waals surface area contributed by atoms with Crippen LogP contribution in [-0.2, 0) is 18.3 Å². The number of nitrogens with zero attached hydrogens (tertiary/aromatic N) is 2. The van der Waals surface area contributed by atoms with Crippen molar-refractivity contribution in [1.82, 2.24) is 9.78 Å². The minimum Gasteiger partial charge on any atom is -0.329 e. The van der Waals surface area contributed by atoms with Gasteiger partial charge in [0.25, 0.3) is 0 Å². The molecule has 0 atom stereocenters. The number of rotatable bonds is 4. The summed E-state index contributed by atoms with van der Waals surface area (Å²) in [5.41, 5.74) is 7.64. The number of carbonyl (C=O) groups excluding carboxylic acids is 1. The number of carbonyl (C=O) groups is 1. The van der Waals surface area contributed by atoms with E-state index in [0.717, 1.165) is 37.1 Å². The zero-order valence-corrected chi connectivity index (χ0v) is 12.1. The number of aryl methyl sites for hydroxylation is 2. The third-order valence-corrected chi connectivity index (χ3v) is 4.48. The molecular weight excluding hydrogens is 238 g/mol. The van der Waals surface area contributed by atoms with Crippen molar-refractivity contribution in [2.45, 2.75) is 51.9 Å². The van der Waals surface area contributed by atoms with Gasteiger partial charge in [0, 0.05) is 31.1 Å². The number of nitrogens with two attached hydrogens (primary N) is 1. The molecule has 19 heavy (non-hydrogen) atoms. The molecule has 1 fully saturated rings. The summed E-state index contributed by atoms with van der Waals surface area (Å²) in [6, 6.07) is 2.00. The standard InChI is InChI=1S/C15H25N3O/c1-12-9-13(18(2)17-12)10-14(19)15(11-16)7-5-3-4-6-8-15/h9H,3-8,10-11,16H2,1-2H3. The summed E-state index contributed by atoms with van der Waals surface area (Å²) >= 11 is 0. The second kappa shape index (κ2) is 5.87. The lowest BCUT2D eigenvalue weighted by Crippen LogP contribution is -2.39. The monoisotopic (exact) mass is 263 g/mol. The maximum Gasteiger partial charge on any atom is 0.146 e. The van der Waals surface area contributed by atoms with Gasteiger partial charge in [-0.3, -0.25) is 9.48 Å². The van der Waals surface area contributed by atoms with Crippen LogP contribution in [0.4, 0.5) is 0 Å². The first-order chi connectivity index (χ1) is 9.07. The first kappa shape index (κ1) is 14.3. The second-order valence-electron chi connectivity index (χ2n) is 5.90. The lowest BCUT2D eigenvalue weighted by molar-refractivity contribution is -0.128. The van der Waals surface area contributed by atoms with E-state index in [2.05, 4.69) is 5.10 Å². The third kappa shape index (κ3) is 3.06. The number of aromatic nitrogens is 2. The van der Waals surface area contributed by atoms with E-state index in [-0.39, 0.29) is 5.41 Å². The zero-order valence-electron chi connectivity index (χ0n) is 12.1. The fourth-order valence-electron chi connectivity index (χ4n) is 3.18. The maximum atomic E-state index is 12.7. The fourth-order valence-corrected chi connectivity index (χ4v) is 3.18. The van der Waals surface area contributed by atoms with Crippen molar-refractivity contribution in [3.63, 3.8) is 0 Å². The van der Waals surface area contributed by atoms with Crippen molar-refractivity contribution in [3.05, 3.63) is 17.5 Å². The summed E-state index contributed by atoms with van der Waals surface area (Å²) in [5.74, 6) is 0.305. The quantitative estimate of drug-likeness (QED) is 0.847. The molecule has 0 unspecified atom stereocenters. The van der Waals surface area contributed by atoms with Crippen molar-refractivity contribution in [2.24, 2.45) is 18.2 Å². The Balaban J connectivity index is 2.14. The Labute approximate surface area is 115 Å². The number of hydrogen-bond acceptors (Lipinski definition) is 3. The fraction of sp³-hybridized carbons (Fsp3) is 0.733. The van der Waals surface area contributed by atoms with Gasteiger partial charge < -0.3 is 5.73 Å². The molecule has 2 rings (SSSR count). The largest absolute Gasteiger partial charge is 0.329 e. The summed E-state index contributed by atoms with van der Waals surface area (Å²) in [5, 5.41) is 4.31. The van der Waals surface area contributed by atoms with Crippen LogP contribution in [-0.4, -0.2) is 22.1 Å². The zero-order chi connectivity index (χ0) is 13.9. The predicted octanol–water partition coefficient (Wildman–Crippen LogP) is 2.14. The molecule has 1 aromatic heterocycles. The Morgan fingerprint density at radius 1 is 1.37 bits per heavy atom. The molecule has 0 radical (unpaired) electrons. The van der Waals surface area contributed by atoms with Crippen LogP contribution in [0.5, 0.6) is 0 Å². The van der Waals surface area contributed by atoms with Gasteiger partial charge in [-0.15, -0.1) is 0 Å². The van der Waals surface area contributed by atoms with Gasteiger partial charge in [0.05, 0.1) is 5.69 Å². The molecule has 1 aliphatic rings. The van der Waals surface area contributed by atoms with Crippen molar-refractivity contribution in [2.75, 3.05) is 6.54 Å². The van der Waals surface area contributed by atoms with Crippen LogP contribution in [0.1, 0.15) is 49.9 Å². The summed E-state index contributed by atoms with van der Waals surface area (Å²) in [7, 11) is 1.90. The van der Waals surface area contributed by atoms with Crippen LogP contribution in [0.3, 0.4) is 0 Å². The molecule has 4 heteroatoms. The van der Waals surface area contributed by atoms with Crippen LogP contribution < -0.4 is 5.73 Å². The molecule has 1 aromatic rings. The molecule has 2 N–H and O–H groups in total. The van der Waals surface area contributed by atoms with E-state index in [0.29, 0.717) is 18.7 Å². The molecule has 0 saturated heterocycles. The van der Waals surface area contributed by atoms with Crippen molar-refractivity contribution < 1.29 is 4.79 Å². The van der Waals surface area contributed by atoms with Crippen molar-refractivity contribution >= 4 is 5.78 Å². The average molecular weight is 263 g/mol. The van der Waals surface area contributed by atoms with Crippen LogP contribution >= 0.6 is 0 Å². The van der Waals surface area contributed by atoms with E-state index in [1.807, 2.05) is 24.7 Å². The van der Waals surface area contributed by atoms with E-state index in [9.17, 15) is 4.79 Å². The van der Waals surface area contributed by atoms with Gasteiger partial charge in [0.15, 0.2) is 0 Å². The Hall–Kier alpha value is -1.16. The summed E-state index contributed by atoms with van der Waals surface area (Å²) in [6.45, 7) is 2.45. The molecule has 1 aliphatic carbocycles. The van der Waals surface area contributed by atoms with E-state index < -0.39 is 0 Å². The van der Waals surface area contributed by atoms with Gasteiger partial charge in [0.1, 0.15) is 5.78 Å². The molecule has 0 bridgehead atoms. The summed E-state index contributed by atoms with van der Waals surface area (Å²) < 4.78 is 1.81. The Bertz CT molecular complexity index is 442. The molecule has 1 saturated carbocycles. The summed E-state index contributed by atoms with van der Waals surface area (Å²) in [4.78, 5) is 12.7. The first-order valence-electron chi connectivity index (χ1n) is 7.30. The van der Waals surface area contributed by atoms with Crippen LogP contribution in [0.25, 0.3) is 0 Å². The average Bonchev–Trinajstić information content (AvgIpc) is 2.59. The number of Topliss-reactive ketones (excluding diaryl/α,β-unsaturated/α-hetero) is 1. The molecule has 0 spiro atoms. The lowest BCUT2D eigenvalue weighted by atomic mass is 9.75. The molecule has 0 aliphatic heterocycles. The van der Waals surface area contributed by atoms with Gasteiger partial charge in [-0.25, -0.2) is 0 Å². The van der Waals surface area contributed by atoms with Crippen LogP contribution in [0.2, 0.25) is 0 Å². The highest BCUT2D eigenvalue weighted by Crippen LogP contribution is 2.36. The highest BCUT2D eigenvalue weighted by atomic mass is 16.1. The minimum atomic E-state index is -0.283. The van der Waals surface area contributed by atoms with Gasteiger partial charge in [0.2, 0.25) is 0 Å². The minimum absolute atomic E-state index is 0.283. The topological polar surface area (TPSA) is 60.9 Å². The summed E-state index contributed by atoms with van der Waals surface area (Å²) in [6.07, 6.45) is 7.12. The smallest absolute Gasteiger partial charge is 0.146 e. The predicted molar refractivity (Wildman–Crippen MR) is 75.8 cm³/mol.